The Morgan fingerprint density at radius 1 is 0.855 bits per heavy atom. The molecular formula is C40H37F4N5O6. The number of hydrogen-bond acceptors (Lipinski definition) is 7. The van der Waals surface area contributed by atoms with Crippen molar-refractivity contribution in [3.63, 3.8) is 0 Å². The van der Waals surface area contributed by atoms with Crippen LogP contribution in [0.2, 0.25) is 0 Å². The van der Waals surface area contributed by atoms with Gasteiger partial charge in [-0.2, -0.15) is 9.78 Å². The highest BCUT2D eigenvalue weighted by Gasteiger charge is 2.43. The average molecular weight is 760 g/mol. The zero-order valence-corrected chi connectivity index (χ0v) is 30.5. The van der Waals surface area contributed by atoms with Gasteiger partial charge in [0, 0.05) is 35.3 Å². The third kappa shape index (κ3) is 8.30. The normalized spacial score (nSPS) is 14.9. The van der Waals surface area contributed by atoms with Crippen molar-refractivity contribution in [2.75, 3.05) is 21.2 Å². The lowest BCUT2D eigenvalue weighted by Crippen LogP contribution is -2.48. The molecule has 0 radical (unpaired) electrons. The molecule has 0 N–H and O–H groups in total. The summed E-state index contributed by atoms with van der Waals surface area (Å²) in [7, 11) is 0. The van der Waals surface area contributed by atoms with E-state index in [-0.39, 0.29) is 29.0 Å². The molecule has 0 fully saturated rings. The van der Waals surface area contributed by atoms with Gasteiger partial charge < -0.3 is 19.3 Å². The molecule has 11 nitrogen and oxygen atoms in total. The summed E-state index contributed by atoms with van der Waals surface area (Å²) in [5.41, 5.74) is 0.489. The zero-order valence-electron chi connectivity index (χ0n) is 30.5. The van der Waals surface area contributed by atoms with Crippen molar-refractivity contribution in [2.45, 2.75) is 59.0 Å². The first-order valence-electron chi connectivity index (χ1n) is 17.3. The summed E-state index contributed by atoms with van der Waals surface area (Å²) in [5, 5.41) is 4.74. The predicted octanol–water partition coefficient (Wildman–Crippen LogP) is 8.17. The number of hydrogen-bond donors (Lipinski definition) is 0. The van der Waals surface area contributed by atoms with Crippen LogP contribution in [0.15, 0.2) is 97.1 Å². The predicted molar refractivity (Wildman–Crippen MR) is 197 cm³/mol. The summed E-state index contributed by atoms with van der Waals surface area (Å²) in [6.45, 7) is 7.81. The zero-order chi connectivity index (χ0) is 39.8. The molecule has 5 aromatic rings. The highest BCUT2D eigenvalue weighted by molar-refractivity contribution is 6.21. The number of para-hydroxylation sites is 3. The van der Waals surface area contributed by atoms with Crippen LogP contribution in [0.3, 0.4) is 0 Å². The average Bonchev–Trinajstić information content (AvgIpc) is 3.43. The first-order chi connectivity index (χ1) is 25.9. The fraction of sp³-hybridized carbons (Fsp3) is 0.275. The van der Waals surface area contributed by atoms with E-state index in [1.54, 1.807) is 89.2 Å². The maximum atomic E-state index is 14.9. The van der Waals surface area contributed by atoms with Crippen LogP contribution in [-0.2, 0) is 25.5 Å². The molecule has 0 aliphatic carbocycles. The highest BCUT2D eigenvalue weighted by Crippen LogP contribution is 2.40. The Labute approximate surface area is 313 Å². The Balaban J connectivity index is 1.44. The molecule has 15 heteroatoms. The van der Waals surface area contributed by atoms with Crippen LogP contribution in [0.4, 0.5) is 45.1 Å². The summed E-state index contributed by atoms with van der Waals surface area (Å²) in [5.74, 6) is -4.65. The maximum absolute atomic E-state index is 14.9. The molecule has 0 bridgehead atoms. The van der Waals surface area contributed by atoms with E-state index >= 15 is 0 Å². The van der Waals surface area contributed by atoms with Gasteiger partial charge in [0.25, 0.3) is 0 Å². The lowest BCUT2D eigenvalue weighted by molar-refractivity contribution is -0.274. The molecule has 286 valence electrons. The number of rotatable bonds is 8. The van der Waals surface area contributed by atoms with Crippen molar-refractivity contribution in [1.82, 2.24) is 9.78 Å². The standard InChI is InChI=1S/C40H37F4N5O6/c1-24(2)47(27-16-18-28(19-17-27)54-40(42,43)44)35(50)23-46-32-13-9-10-14-33(32)48(26-11-7-6-8-12-26)37(52)30(36(46)51)22-31-29-20-15-25(41)21-34(29)49(45-31)38(53)55-39(3,4)5/h6-21,24,30H,22-23H2,1-5H3. The second kappa shape index (κ2) is 14.9. The van der Waals surface area contributed by atoms with Crippen LogP contribution in [0.5, 0.6) is 5.75 Å². The molecule has 1 unspecified atom stereocenters. The number of ether oxygens (including phenoxy) is 2. The fourth-order valence-corrected chi connectivity index (χ4v) is 6.44. The Morgan fingerprint density at radius 3 is 2.11 bits per heavy atom. The molecule has 0 saturated heterocycles. The van der Waals surface area contributed by atoms with Crippen LogP contribution < -0.4 is 19.4 Å². The molecule has 6 rings (SSSR count). The van der Waals surface area contributed by atoms with Crippen molar-refractivity contribution in [3.05, 3.63) is 109 Å². The van der Waals surface area contributed by atoms with E-state index in [4.69, 9.17) is 4.74 Å². The molecule has 4 aromatic carbocycles. The Morgan fingerprint density at radius 2 is 1.49 bits per heavy atom. The van der Waals surface area contributed by atoms with Gasteiger partial charge in [-0.25, -0.2) is 9.18 Å². The first kappa shape index (κ1) is 38.5. The third-order valence-electron chi connectivity index (χ3n) is 8.62. The quantitative estimate of drug-likeness (QED) is 0.116. The summed E-state index contributed by atoms with van der Waals surface area (Å²) in [6.07, 6.45) is -6.16. The Hall–Kier alpha value is -6.25. The molecule has 1 atom stereocenters. The lowest BCUT2D eigenvalue weighted by Gasteiger charge is -2.31. The van der Waals surface area contributed by atoms with Gasteiger partial charge in [-0.05, 0) is 95.3 Å². The highest BCUT2D eigenvalue weighted by atomic mass is 19.4. The van der Waals surface area contributed by atoms with Crippen LogP contribution in [0.25, 0.3) is 10.9 Å². The monoisotopic (exact) mass is 759 g/mol. The summed E-state index contributed by atoms with van der Waals surface area (Å²) >= 11 is 0. The lowest BCUT2D eigenvalue weighted by atomic mass is 9.97. The summed E-state index contributed by atoms with van der Waals surface area (Å²) in [4.78, 5) is 61.1. The van der Waals surface area contributed by atoms with Gasteiger partial charge in [0.15, 0.2) is 0 Å². The second-order valence-corrected chi connectivity index (χ2v) is 14.1. The largest absolute Gasteiger partial charge is 0.573 e. The van der Waals surface area contributed by atoms with Gasteiger partial charge in [0.05, 0.1) is 22.6 Å². The van der Waals surface area contributed by atoms with Crippen molar-refractivity contribution in [1.29, 1.82) is 0 Å². The fourth-order valence-electron chi connectivity index (χ4n) is 6.44. The van der Waals surface area contributed by atoms with Gasteiger partial charge in [0.1, 0.15) is 29.6 Å². The molecule has 1 aliphatic rings. The van der Waals surface area contributed by atoms with Gasteiger partial charge in [-0.15, -0.1) is 13.2 Å². The number of nitrogens with zero attached hydrogens (tertiary/aromatic N) is 5. The summed E-state index contributed by atoms with van der Waals surface area (Å²) in [6, 6.07) is 23.1. The Kier molecular flexibility index (Phi) is 10.4. The van der Waals surface area contributed by atoms with E-state index < -0.39 is 65.8 Å². The molecule has 0 spiro atoms. The number of fused-ring (bicyclic) bond motifs is 2. The van der Waals surface area contributed by atoms with Gasteiger partial charge in [0.2, 0.25) is 17.7 Å². The van der Waals surface area contributed by atoms with Crippen molar-refractivity contribution >= 4 is 57.5 Å². The van der Waals surface area contributed by atoms with Crippen molar-refractivity contribution < 1.29 is 46.2 Å². The number of aromatic nitrogens is 2. The van der Waals surface area contributed by atoms with Gasteiger partial charge >= 0.3 is 12.5 Å². The molecule has 55 heavy (non-hydrogen) atoms. The number of benzene rings is 4. The number of anilines is 4. The van der Waals surface area contributed by atoms with E-state index in [2.05, 4.69) is 9.84 Å². The third-order valence-corrected chi connectivity index (χ3v) is 8.62. The minimum atomic E-state index is -4.91. The number of halogens is 4. The number of carbonyl (C=O) groups excluding carboxylic acids is 4. The van der Waals surface area contributed by atoms with Crippen LogP contribution in [0.1, 0.15) is 40.3 Å². The number of alkyl halides is 3. The van der Waals surface area contributed by atoms with E-state index in [0.717, 1.165) is 22.9 Å². The van der Waals surface area contributed by atoms with Crippen LogP contribution in [-0.4, -0.2) is 58.1 Å². The molecular weight excluding hydrogens is 722 g/mol. The van der Waals surface area contributed by atoms with Gasteiger partial charge in [-0.3, -0.25) is 19.3 Å². The molecule has 1 aromatic heterocycles. The second-order valence-electron chi connectivity index (χ2n) is 14.1. The van der Waals surface area contributed by atoms with E-state index in [1.807, 2.05) is 0 Å². The Bertz CT molecular complexity index is 2250. The molecule has 1 aliphatic heterocycles. The minimum Gasteiger partial charge on any atom is -0.442 e. The van der Waals surface area contributed by atoms with Crippen molar-refractivity contribution in [2.24, 2.45) is 5.92 Å². The summed E-state index contributed by atoms with van der Waals surface area (Å²) < 4.78 is 63.5. The minimum absolute atomic E-state index is 0.0623. The van der Waals surface area contributed by atoms with E-state index in [0.29, 0.717) is 16.8 Å². The van der Waals surface area contributed by atoms with Crippen LogP contribution in [0, 0.1) is 11.7 Å². The SMILES string of the molecule is CC(C)N(C(=O)CN1C(=O)C(Cc2nn(C(=O)OC(C)(C)C)c3cc(F)ccc23)C(=O)N(c2ccccc2)c2ccccc21)c1ccc(OC(F)(F)F)cc1. The number of amides is 3. The van der Waals surface area contributed by atoms with Crippen molar-refractivity contribution in [3.8, 4) is 5.75 Å². The van der Waals surface area contributed by atoms with Crippen LogP contribution >= 0.6 is 0 Å². The van der Waals surface area contributed by atoms with E-state index in [1.165, 1.54) is 39.0 Å². The molecule has 3 amide bonds. The van der Waals surface area contributed by atoms with Gasteiger partial charge in [-0.1, -0.05) is 30.3 Å². The first-order valence-corrected chi connectivity index (χ1v) is 17.3. The molecule has 2 heterocycles. The molecule has 0 saturated carbocycles. The number of carbonyl (C=O) groups is 4. The maximum Gasteiger partial charge on any atom is 0.573 e. The topological polar surface area (TPSA) is 114 Å². The smallest absolute Gasteiger partial charge is 0.442 e. The van der Waals surface area contributed by atoms with E-state index in [9.17, 15) is 36.7 Å².